The van der Waals surface area contributed by atoms with Gasteiger partial charge in [0, 0.05) is 25.2 Å². The molecule has 1 saturated heterocycles. The van der Waals surface area contributed by atoms with Crippen molar-refractivity contribution in [3.05, 3.63) is 34.9 Å². The summed E-state index contributed by atoms with van der Waals surface area (Å²) in [7, 11) is 0. The lowest BCUT2D eigenvalue weighted by atomic mass is 9.98. The molecule has 2 rings (SSSR count). The van der Waals surface area contributed by atoms with Crippen molar-refractivity contribution in [1.82, 2.24) is 4.90 Å². The predicted octanol–water partition coefficient (Wildman–Crippen LogP) is 2.79. The Balaban J connectivity index is 2.10. The monoisotopic (exact) mass is 232 g/mol. The van der Waals surface area contributed by atoms with Gasteiger partial charge >= 0.3 is 0 Å². The quantitative estimate of drug-likeness (QED) is 0.849. The van der Waals surface area contributed by atoms with Gasteiger partial charge in [-0.1, -0.05) is 29.3 Å². The topological polar surface area (TPSA) is 29.3 Å². The Labute approximate surface area is 105 Å². The second-order valence-corrected chi connectivity index (χ2v) is 5.47. The molecule has 0 saturated carbocycles. The van der Waals surface area contributed by atoms with E-state index in [1.807, 2.05) is 0 Å². The molecule has 1 aliphatic rings. The van der Waals surface area contributed by atoms with Crippen LogP contribution in [0.3, 0.4) is 0 Å². The summed E-state index contributed by atoms with van der Waals surface area (Å²) in [4.78, 5) is 2.55. The summed E-state index contributed by atoms with van der Waals surface area (Å²) >= 11 is 0. The van der Waals surface area contributed by atoms with E-state index in [9.17, 15) is 0 Å². The van der Waals surface area contributed by atoms with Gasteiger partial charge in [-0.3, -0.25) is 4.90 Å². The fourth-order valence-electron chi connectivity index (χ4n) is 2.77. The molecule has 1 unspecified atom stereocenters. The molecule has 2 N–H and O–H groups in total. The van der Waals surface area contributed by atoms with Gasteiger partial charge in [0.25, 0.3) is 0 Å². The smallest absolute Gasteiger partial charge is 0.0320 e. The Morgan fingerprint density at radius 3 is 2.18 bits per heavy atom. The lowest BCUT2D eigenvalue weighted by molar-refractivity contribution is 0.163. The Hall–Kier alpha value is -0.860. The van der Waals surface area contributed by atoms with Gasteiger partial charge in [-0.05, 0) is 39.2 Å². The van der Waals surface area contributed by atoms with Crippen LogP contribution in [0.15, 0.2) is 18.2 Å². The molecule has 1 aromatic carbocycles. The van der Waals surface area contributed by atoms with E-state index in [2.05, 4.69) is 43.9 Å². The minimum absolute atomic E-state index is 0.415. The molecule has 17 heavy (non-hydrogen) atoms. The Kier molecular flexibility index (Phi) is 3.85. The summed E-state index contributed by atoms with van der Waals surface area (Å²) in [6.07, 6.45) is 2.27. The highest BCUT2D eigenvalue weighted by molar-refractivity contribution is 5.30. The van der Waals surface area contributed by atoms with E-state index in [0.717, 1.165) is 25.9 Å². The largest absolute Gasteiger partial charge is 0.328 e. The average Bonchev–Trinajstić information content (AvgIpc) is 2.28. The first kappa shape index (κ1) is 12.6. The van der Waals surface area contributed by atoms with Crippen LogP contribution in [0.25, 0.3) is 0 Å². The number of likely N-dealkylation sites (tertiary alicyclic amines) is 1. The maximum absolute atomic E-state index is 5.96. The molecular formula is C15H24N2. The number of hydrogen-bond donors (Lipinski definition) is 1. The zero-order chi connectivity index (χ0) is 12.4. The van der Waals surface area contributed by atoms with E-state index in [-0.39, 0.29) is 0 Å². The number of benzene rings is 1. The summed E-state index contributed by atoms with van der Waals surface area (Å²) in [6, 6.07) is 7.79. The van der Waals surface area contributed by atoms with Gasteiger partial charge in [0.05, 0.1) is 0 Å². The molecule has 1 heterocycles. The Morgan fingerprint density at radius 1 is 1.12 bits per heavy atom. The molecule has 2 heteroatoms. The highest BCUT2D eigenvalue weighted by Crippen LogP contribution is 2.25. The van der Waals surface area contributed by atoms with E-state index < -0.39 is 0 Å². The maximum Gasteiger partial charge on any atom is 0.0320 e. The van der Waals surface area contributed by atoms with Crippen LogP contribution < -0.4 is 5.73 Å². The summed E-state index contributed by atoms with van der Waals surface area (Å²) < 4.78 is 0. The highest BCUT2D eigenvalue weighted by atomic mass is 15.2. The molecule has 0 amide bonds. The zero-order valence-electron chi connectivity index (χ0n) is 11.2. The van der Waals surface area contributed by atoms with Crippen molar-refractivity contribution in [2.75, 3.05) is 13.1 Å². The molecule has 1 aliphatic heterocycles. The van der Waals surface area contributed by atoms with Gasteiger partial charge in [-0.15, -0.1) is 0 Å². The van der Waals surface area contributed by atoms with Crippen LogP contribution >= 0.6 is 0 Å². The van der Waals surface area contributed by atoms with Crippen LogP contribution in [0.1, 0.15) is 42.5 Å². The molecule has 0 radical (unpaired) electrons. The molecule has 0 aromatic heterocycles. The molecule has 0 bridgehead atoms. The van der Waals surface area contributed by atoms with Crippen molar-refractivity contribution in [3.63, 3.8) is 0 Å². The first-order chi connectivity index (χ1) is 8.06. The molecule has 1 aromatic rings. The summed E-state index contributed by atoms with van der Waals surface area (Å²) in [5.41, 5.74) is 10.1. The van der Waals surface area contributed by atoms with Crippen molar-refractivity contribution < 1.29 is 0 Å². The lowest BCUT2D eigenvalue weighted by Gasteiger charge is -2.35. The predicted molar refractivity (Wildman–Crippen MR) is 73.1 cm³/mol. The van der Waals surface area contributed by atoms with Crippen LogP contribution in [0.5, 0.6) is 0 Å². The molecule has 94 valence electrons. The minimum Gasteiger partial charge on any atom is -0.328 e. The van der Waals surface area contributed by atoms with Crippen LogP contribution in [-0.4, -0.2) is 24.0 Å². The van der Waals surface area contributed by atoms with Crippen LogP contribution in [0.4, 0.5) is 0 Å². The van der Waals surface area contributed by atoms with Crippen molar-refractivity contribution in [3.8, 4) is 0 Å². The third-order valence-electron chi connectivity index (χ3n) is 3.85. The summed E-state index contributed by atoms with van der Waals surface area (Å²) in [5, 5.41) is 0. The number of hydrogen-bond acceptors (Lipinski definition) is 2. The fraction of sp³-hybridized carbons (Fsp3) is 0.600. The number of nitrogens with zero attached hydrogens (tertiary/aromatic N) is 1. The molecule has 2 nitrogen and oxygen atoms in total. The van der Waals surface area contributed by atoms with Crippen LogP contribution in [-0.2, 0) is 0 Å². The lowest BCUT2D eigenvalue weighted by Crippen LogP contribution is -2.40. The van der Waals surface area contributed by atoms with E-state index in [1.165, 1.54) is 16.7 Å². The number of rotatable bonds is 2. The number of piperidine rings is 1. The highest BCUT2D eigenvalue weighted by Gasteiger charge is 2.21. The molecule has 1 fully saturated rings. The average molecular weight is 232 g/mol. The molecule has 0 aliphatic carbocycles. The standard InChI is InChI=1S/C15H24N2/c1-11-8-12(2)10-14(9-11)13(3)17-6-4-15(16)5-7-17/h8-10,13,15H,4-7,16H2,1-3H3. The first-order valence-electron chi connectivity index (χ1n) is 6.64. The van der Waals surface area contributed by atoms with Crippen molar-refractivity contribution >= 4 is 0 Å². The minimum atomic E-state index is 0.415. The van der Waals surface area contributed by atoms with E-state index >= 15 is 0 Å². The zero-order valence-corrected chi connectivity index (χ0v) is 11.2. The molecule has 1 atom stereocenters. The Morgan fingerprint density at radius 2 is 1.65 bits per heavy atom. The van der Waals surface area contributed by atoms with Crippen molar-refractivity contribution in [2.24, 2.45) is 5.73 Å². The van der Waals surface area contributed by atoms with E-state index in [1.54, 1.807) is 0 Å². The second kappa shape index (κ2) is 5.19. The second-order valence-electron chi connectivity index (χ2n) is 5.47. The summed E-state index contributed by atoms with van der Waals surface area (Å²) in [5.74, 6) is 0. The first-order valence-corrected chi connectivity index (χ1v) is 6.64. The molecular weight excluding hydrogens is 208 g/mol. The van der Waals surface area contributed by atoms with Crippen LogP contribution in [0, 0.1) is 13.8 Å². The van der Waals surface area contributed by atoms with Gasteiger partial charge < -0.3 is 5.73 Å². The normalized spacial score (nSPS) is 20.5. The van der Waals surface area contributed by atoms with Crippen LogP contribution in [0.2, 0.25) is 0 Å². The van der Waals surface area contributed by atoms with Gasteiger partial charge in [0.15, 0.2) is 0 Å². The number of nitrogens with two attached hydrogens (primary N) is 1. The van der Waals surface area contributed by atoms with Gasteiger partial charge in [-0.2, -0.15) is 0 Å². The van der Waals surface area contributed by atoms with Crippen molar-refractivity contribution in [1.29, 1.82) is 0 Å². The third kappa shape index (κ3) is 3.08. The number of aryl methyl sites for hydroxylation is 2. The Bertz CT molecular complexity index is 358. The van der Waals surface area contributed by atoms with Gasteiger partial charge in [-0.25, -0.2) is 0 Å². The van der Waals surface area contributed by atoms with Gasteiger partial charge in [0.2, 0.25) is 0 Å². The van der Waals surface area contributed by atoms with E-state index in [0.29, 0.717) is 12.1 Å². The summed E-state index contributed by atoms with van der Waals surface area (Å²) in [6.45, 7) is 8.93. The third-order valence-corrected chi connectivity index (χ3v) is 3.85. The van der Waals surface area contributed by atoms with Crippen molar-refractivity contribution in [2.45, 2.75) is 45.7 Å². The van der Waals surface area contributed by atoms with Gasteiger partial charge in [0.1, 0.15) is 0 Å². The SMILES string of the molecule is Cc1cc(C)cc(C(C)N2CCC(N)CC2)c1. The fourth-order valence-corrected chi connectivity index (χ4v) is 2.77. The van der Waals surface area contributed by atoms with E-state index in [4.69, 9.17) is 5.73 Å². The molecule has 0 spiro atoms. The maximum atomic E-state index is 5.96.